The summed E-state index contributed by atoms with van der Waals surface area (Å²) in [6, 6.07) is 0. The fourth-order valence-electron chi connectivity index (χ4n) is 1.94. The molecule has 3 heteroatoms. The first-order valence-corrected chi connectivity index (χ1v) is 6.82. The highest BCUT2D eigenvalue weighted by Gasteiger charge is 2.27. The Hall–Kier alpha value is -1.22. The van der Waals surface area contributed by atoms with Gasteiger partial charge in [0.15, 0.2) is 5.78 Å². The molecule has 1 heterocycles. The van der Waals surface area contributed by atoms with Crippen molar-refractivity contribution < 1.29 is 14.3 Å². The van der Waals surface area contributed by atoms with Crippen molar-refractivity contribution >= 4 is 11.6 Å². The predicted molar refractivity (Wildman–Crippen MR) is 74.6 cm³/mol. The first-order valence-electron chi connectivity index (χ1n) is 6.82. The highest BCUT2D eigenvalue weighted by atomic mass is 16.4. The Morgan fingerprint density at radius 1 is 1.47 bits per heavy atom. The summed E-state index contributed by atoms with van der Waals surface area (Å²) < 4.78 is 5.50. The molecule has 0 amide bonds. The number of allylic oxidation sites excluding steroid dienone is 3. The van der Waals surface area contributed by atoms with Gasteiger partial charge in [0.25, 0.3) is 0 Å². The van der Waals surface area contributed by atoms with Crippen LogP contribution in [0.25, 0.3) is 0 Å². The molecule has 0 fully saturated rings. The van der Waals surface area contributed by atoms with Gasteiger partial charge in [-0.25, -0.2) is 4.42 Å². The zero-order valence-electron chi connectivity index (χ0n) is 12.6. The fraction of sp³-hybridized carbons (Fsp3) is 0.625. The van der Waals surface area contributed by atoms with E-state index in [1.165, 1.54) is 6.92 Å². The lowest BCUT2D eigenvalue weighted by molar-refractivity contribution is -0.445. The summed E-state index contributed by atoms with van der Waals surface area (Å²) in [4.78, 5) is 11.3. The molecule has 19 heavy (non-hydrogen) atoms. The van der Waals surface area contributed by atoms with Gasteiger partial charge < -0.3 is 5.11 Å². The van der Waals surface area contributed by atoms with Crippen molar-refractivity contribution in [2.45, 2.75) is 60.0 Å². The van der Waals surface area contributed by atoms with Crippen molar-refractivity contribution in [3.05, 3.63) is 23.5 Å². The molecule has 1 unspecified atom stereocenters. The average Bonchev–Trinajstić information content (AvgIpc) is 2.64. The number of carbonyl (C=O) groups is 1. The van der Waals surface area contributed by atoms with Crippen LogP contribution in [0.5, 0.6) is 0 Å². The average molecular weight is 264 g/mol. The minimum absolute atomic E-state index is 0.0215. The van der Waals surface area contributed by atoms with Crippen LogP contribution in [0.4, 0.5) is 0 Å². The van der Waals surface area contributed by atoms with Crippen LogP contribution >= 0.6 is 0 Å². The van der Waals surface area contributed by atoms with Gasteiger partial charge in [0.05, 0.1) is 13.0 Å². The lowest BCUT2D eigenvalue weighted by Gasteiger charge is -2.36. The van der Waals surface area contributed by atoms with Gasteiger partial charge in [0, 0.05) is 6.08 Å². The maximum absolute atomic E-state index is 11.8. The molecule has 0 saturated carbocycles. The van der Waals surface area contributed by atoms with Crippen LogP contribution in [0.1, 0.15) is 53.9 Å². The van der Waals surface area contributed by atoms with Gasteiger partial charge in [-0.2, -0.15) is 0 Å². The third-order valence-electron chi connectivity index (χ3n) is 3.30. The summed E-state index contributed by atoms with van der Waals surface area (Å²) in [5.74, 6) is 1.41. The smallest absolute Gasteiger partial charge is 0.350 e. The quantitative estimate of drug-likeness (QED) is 0.435. The van der Waals surface area contributed by atoms with Crippen molar-refractivity contribution in [2.24, 2.45) is 5.41 Å². The molecule has 0 bridgehead atoms. The third kappa shape index (κ3) is 4.75. The molecule has 1 rings (SSSR count). The van der Waals surface area contributed by atoms with E-state index in [9.17, 15) is 9.90 Å². The number of rotatable bonds is 5. The monoisotopic (exact) mass is 264 g/mol. The standard InChI is InChI=1S/C16H24O3/c1-11(17)14-10-13(19-12(14)2)8-6-7-9-15(18)16(3,4)5/h8,10,15H,6-7,9H2,1-5H3/b13-8-. The van der Waals surface area contributed by atoms with Crippen molar-refractivity contribution in [2.75, 3.05) is 0 Å². The summed E-state index contributed by atoms with van der Waals surface area (Å²) in [5, 5.41) is 11.8. The van der Waals surface area contributed by atoms with E-state index in [4.69, 9.17) is 4.42 Å². The Balaban J connectivity index is 2.46. The van der Waals surface area contributed by atoms with Crippen LogP contribution in [0, 0.1) is 5.41 Å². The van der Waals surface area contributed by atoms with Crippen LogP contribution in [0.3, 0.4) is 0 Å². The summed E-state index contributed by atoms with van der Waals surface area (Å²) in [6.07, 6.45) is 5.51. The molecule has 1 aliphatic rings. The van der Waals surface area contributed by atoms with E-state index in [2.05, 4.69) is 0 Å². The normalized spacial score (nSPS) is 19.4. The number of carbonyl (C=O) groups excluding carboxylic acids is 2. The molecular weight excluding hydrogens is 240 g/mol. The second kappa shape index (κ2) is 6.29. The van der Waals surface area contributed by atoms with Crippen LogP contribution in [-0.2, 0) is 9.22 Å². The second-order valence-corrected chi connectivity index (χ2v) is 6.16. The zero-order chi connectivity index (χ0) is 14.6. The fourth-order valence-corrected chi connectivity index (χ4v) is 1.94. The van der Waals surface area contributed by atoms with Gasteiger partial charge in [0.1, 0.15) is 5.57 Å². The van der Waals surface area contributed by atoms with E-state index in [1.54, 1.807) is 13.0 Å². The Morgan fingerprint density at radius 2 is 2.11 bits per heavy atom. The molecule has 1 aliphatic heterocycles. The second-order valence-electron chi connectivity index (χ2n) is 6.16. The predicted octanol–water partition coefficient (Wildman–Crippen LogP) is 2.47. The summed E-state index contributed by atoms with van der Waals surface area (Å²) in [7, 11) is 0. The van der Waals surface area contributed by atoms with E-state index in [-0.39, 0.29) is 11.2 Å². The minimum Gasteiger partial charge on any atom is -0.852 e. The van der Waals surface area contributed by atoms with Gasteiger partial charge in [-0.1, -0.05) is 39.0 Å². The Bertz CT molecular complexity index is 433. The van der Waals surface area contributed by atoms with Crippen LogP contribution in [0.2, 0.25) is 0 Å². The first-order chi connectivity index (χ1) is 8.71. The molecule has 0 saturated heterocycles. The van der Waals surface area contributed by atoms with Gasteiger partial charge in [0.2, 0.25) is 0 Å². The summed E-state index contributed by atoms with van der Waals surface area (Å²) in [6.45, 7) is 9.25. The van der Waals surface area contributed by atoms with Crippen LogP contribution < -0.4 is 5.11 Å². The first kappa shape index (κ1) is 15.8. The Kier molecular flexibility index (Phi) is 5.24. The largest absolute Gasteiger partial charge is 0.852 e. The third-order valence-corrected chi connectivity index (χ3v) is 3.30. The molecule has 0 aromatic heterocycles. The Labute approximate surface area is 115 Å². The number of Topliss-reactive ketones (excluding diaryl/α,β-unsaturated/α-hetero) is 1. The van der Waals surface area contributed by atoms with Crippen molar-refractivity contribution in [3.63, 3.8) is 0 Å². The van der Waals surface area contributed by atoms with Gasteiger partial charge in [-0.3, -0.25) is 4.79 Å². The van der Waals surface area contributed by atoms with E-state index in [0.717, 1.165) is 18.6 Å². The van der Waals surface area contributed by atoms with Crippen molar-refractivity contribution in [1.82, 2.24) is 0 Å². The maximum atomic E-state index is 11.8. The highest BCUT2D eigenvalue weighted by Crippen LogP contribution is 2.21. The van der Waals surface area contributed by atoms with Gasteiger partial charge in [-0.15, -0.1) is 6.10 Å². The molecular formula is C16H24O3. The number of hydrogen-bond acceptors (Lipinski definition) is 2. The maximum Gasteiger partial charge on any atom is 0.350 e. The van der Waals surface area contributed by atoms with E-state index >= 15 is 0 Å². The molecule has 0 spiro atoms. The van der Waals surface area contributed by atoms with Crippen molar-refractivity contribution in [3.8, 4) is 0 Å². The summed E-state index contributed by atoms with van der Waals surface area (Å²) >= 11 is 0. The molecule has 0 N–H and O–H groups in total. The molecule has 0 radical (unpaired) electrons. The SMILES string of the molecule is CC(=O)C1=C/C(=C/CCCC([O-])C(C)(C)C)[O+]=C1C. The number of unbranched alkanes of at least 4 members (excludes halogenated alkanes) is 1. The Morgan fingerprint density at radius 3 is 2.58 bits per heavy atom. The van der Waals surface area contributed by atoms with E-state index in [0.29, 0.717) is 17.8 Å². The van der Waals surface area contributed by atoms with E-state index < -0.39 is 6.10 Å². The molecule has 106 valence electrons. The molecule has 0 aromatic rings. The van der Waals surface area contributed by atoms with Gasteiger partial charge >= 0.3 is 11.5 Å². The number of ketones is 2. The van der Waals surface area contributed by atoms with Crippen LogP contribution in [0.15, 0.2) is 23.5 Å². The van der Waals surface area contributed by atoms with Crippen molar-refractivity contribution in [1.29, 1.82) is 0 Å². The lowest BCUT2D eigenvalue weighted by Crippen LogP contribution is -2.38. The highest BCUT2D eigenvalue weighted by molar-refractivity contribution is 6.19. The number of hydrogen-bond donors (Lipinski definition) is 0. The minimum atomic E-state index is -0.535. The zero-order valence-corrected chi connectivity index (χ0v) is 12.6. The van der Waals surface area contributed by atoms with E-state index in [1.807, 2.05) is 26.8 Å². The molecule has 0 aliphatic carbocycles. The molecule has 1 atom stereocenters. The topological polar surface area (TPSA) is 51.4 Å². The molecule has 0 aromatic carbocycles. The molecule has 3 nitrogen and oxygen atoms in total. The van der Waals surface area contributed by atoms with Crippen LogP contribution in [-0.4, -0.2) is 17.7 Å². The van der Waals surface area contributed by atoms with Gasteiger partial charge in [-0.05, 0) is 13.3 Å². The summed E-state index contributed by atoms with van der Waals surface area (Å²) in [5.41, 5.74) is 0.464. The lowest BCUT2D eigenvalue weighted by atomic mass is 9.86.